The molecule has 0 aromatic heterocycles. The summed E-state index contributed by atoms with van der Waals surface area (Å²) in [6.45, 7) is 0. The summed E-state index contributed by atoms with van der Waals surface area (Å²) in [6, 6.07) is 97.5. The van der Waals surface area contributed by atoms with Crippen LogP contribution in [0.4, 0.5) is 0 Å². The summed E-state index contributed by atoms with van der Waals surface area (Å²) in [5.74, 6) is 0. The largest absolute Gasteiger partial charge is 0.474 e. The normalized spacial score (nSPS) is 8.05. The first-order valence-corrected chi connectivity index (χ1v) is 26.6. The van der Waals surface area contributed by atoms with Crippen LogP contribution in [0.2, 0.25) is 0 Å². The number of nitrogens with zero attached hydrogens (tertiary/aromatic N) is 4. The van der Waals surface area contributed by atoms with Crippen molar-refractivity contribution in [3.05, 3.63) is 362 Å². The quantitative estimate of drug-likeness (QED) is 0.0283. The third-order valence-corrected chi connectivity index (χ3v) is 17.9. The fourth-order valence-electron chi connectivity index (χ4n) is 6.94. The van der Waals surface area contributed by atoms with E-state index in [9.17, 15) is 0 Å². The summed E-state index contributed by atoms with van der Waals surface area (Å²) in [7, 11) is -1.57. The Kier molecular flexibility index (Phi) is 83.6. The molecule has 0 saturated heterocycles. The second kappa shape index (κ2) is 67.0. The molecule has 5 N–H and O–H groups in total. The van der Waals surface area contributed by atoms with E-state index in [0.29, 0.717) is 0 Å². The molecule has 9 rings (SSSR count). The van der Waals surface area contributed by atoms with E-state index in [-0.39, 0.29) is 164 Å². The summed E-state index contributed by atoms with van der Waals surface area (Å²) in [5.41, 5.74) is 0. The molecule has 0 saturated carbocycles. The Morgan fingerprint density at radius 3 is 0.398 bits per heavy atom. The molecule has 0 aliphatic heterocycles. The molecule has 9 aromatic rings. The molecule has 0 bridgehead atoms. The van der Waals surface area contributed by atoms with Gasteiger partial charge in [-0.15, -0.1) is 0 Å². The van der Waals surface area contributed by atoms with Crippen molar-refractivity contribution in [1.82, 2.24) is 0 Å². The minimum Gasteiger partial charge on any atom is -0.358 e. The average molecular weight is 1640 g/mol. The summed E-state index contributed by atoms with van der Waals surface area (Å²) in [5, 5.41) is 59.5. The Balaban J connectivity index is -0.0000000812. The maximum absolute atomic E-state index is 9.06. The van der Waals surface area contributed by atoms with Gasteiger partial charge in [-0.25, -0.2) is 26.0 Å². The van der Waals surface area contributed by atoms with E-state index in [2.05, 4.69) is 278 Å². The van der Waals surface area contributed by atoms with E-state index in [1.54, 1.807) is 0 Å². The summed E-state index contributed by atoms with van der Waals surface area (Å²) in [6.07, 6.45) is 0. The molecule has 0 heterocycles. The zero-order valence-corrected chi connectivity index (χ0v) is 58.0. The minimum atomic E-state index is -1.75. The molecule has 0 unspecified atom stereocenters. The Labute approximate surface area is 591 Å². The monoisotopic (exact) mass is 1640 g/mol. The van der Waals surface area contributed by atoms with E-state index >= 15 is 0 Å². The molecule has 0 fully saturated rings. The number of hydrogen-bond acceptors (Lipinski definition) is 7. The Hall–Kier alpha value is -5.97. The van der Waals surface area contributed by atoms with Crippen molar-refractivity contribution in [2.24, 2.45) is 0 Å². The fourth-order valence-corrected chi connectivity index (χ4v) is 14.7. The molecular formula is C65H88Ag4N4O12P3-3. The van der Waals surface area contributed by atoms with Crippen molar-refractivity contribution >= 4 is 71.5 Å². The molecule has 0 aliphatic carbocycles. The van der Waals surface area contributed by atoms with Crippen LogP contribution in [0.3, 0.4) is 0 Å². The second-order valence-corrected chi connectivity index (χ2v) is 22.0. The van der Waals surface area contributed by atoms with Crippen LogP contribution < -0.4 is 47.7 Å². The van der Waals surface area contributed by atoms with E-state index in [0.717, 1.165) is 7.11 Å². The number of benzene rings is 9. The molecule has 0 amide bonds. The molecule has 9 aromatic carbocycles. The van der Waals surface area contributed by atoms with Crippen LogP contribution >= 0.6 is 23.8 Å². The van der Waals surface area contributed by atoms with Crippen LogP contribution in [0.25, 0.3) is 0 Å². The predicted molar refractivity (Wildman–Crippen MR) is 362 cm³/mol. The first kappa shape index (κ1) is 110. The molecule has 88 heavy (non-hydrogen) atoms. The van der Waals surface area contributed by atoms with Gasteiger partial charge in [0, 0.05) is 89.5 Å². The van der Waals surface area contributed by atoms with Gasteiger partial charge in [-0.1, -0.05) is 179 Å². The van der Waals surface area contributed by atoms with Crippen LogP contribution in [0.1, 0.15) is 14.9 Å². The van der Waals surface area contributed by atoms with Gasteiger partial charge < -0.3 is 74.7 Å². The molecule has 0 atom stereocenters. The van der Waals surface area contributed by atoms with Gasteiger partial charge in [0.2, 0.25) is 0 Å². The van der Waals surface area contributed by atoms with Gasteiger partial charge in [0.25, 0.3) is 0 Å². The number of rotatable bonds is 10. The average Bonchev–Trinajstić information content (AvgIpc) is 3.42. The topological polar surface area (TPSA) is 237 Å². The van der Waals surface area contributed by atoms with Crippen molar-refractivity contribution < 1.29 is 141 Å². The Morgan fingerprint density at radius 2 is 0.341 bits per heavy atom. The van der Waals surface area contributed by atoms with Gasteiger partial charge in [0.05, 0.1) is 28.9 Å². The summed E-state index contributed by atoms with van der Waals surface area (Å²) < 4.78 is 0. The summed E-state index contributed by atoms with van der Waals surface area (Å²) in [4.78, 5) is 37.8. The maximum atomic E-state index is 9.06. The van der Waals surface area contributed by atoms with E-state index in [1.165, 1.54) is 47.7 Å². The minimum absolute atomic E-state index is 0. The van der Waals surface area contributed by atoms with Crippen molar-refractivity contribution in [2.75, 3.05) is 7.11 Å². The molecule has 0 aliphatic rings. The SMILES string of the molecule is C.C.CO[N+](=O)O.O=[N+](O)O.O=[N+](O)O.O=[N+]([O-])[O-].[Ag].[Ag].[Ag].[Ag].[CH3-].[CH3-].[CH3-].[CH3-].[CH3-].[CH3-].[CH3-].[CH3-].c1ccc([PH+](c2ccccc2)c2ccccc2)cc1.c1ccc([PH+](c2ccccc2)c2ccccc2)cc1.c1ccc([PH+](c2ccccc2)c2ccccc2)cc1. The molecule has 502 valence electrons. The van der Waals surface area contributed by atoms with E-state index < -0.39 is 44.1 Å². The van der Waals surface area contributed by atoms with Crippen molar-refractivity contribution in [3.8, 4) is 0 Å². The zero-order valence-electron chi connectivity index (χ0n) is 49.1. The van der Waals surface area contributed by atoms with Crippen molar-refractivity contribution in [1.29, 1.82) is 0 Å². The molecule has 0 spiro atoms. The molecule has 23 heteroatoms. The third-order valence-electron chi connectivity index (χ3n) is 9.72. The van der Waals surface area contributed by atoms with Gasteiger partial charge in [0.15, 0.2) is 7.11 Å². The molecular weight excluding hydrogens is 1550 g/mol. The fraction of sp³-hybridized carbons (Fsp3) is 0.0462. The van der Waals surface area contributed by atoms with E-state index in [1.807, 2.05) is 0 Å². The second-order valence-electron chi connectivity index (χ2n) is 14.6. The van der Waals surface area contributed by atoms with Gasteiger partial charge in [0.1, 0.15) is 62.5 Å². The Bertz CT molecular complexity index is 2340. The zero-order chi connectivity index (χ0) is 53.8. The van der Waals surface area contributed by atoms with Crippen LogP contribution in [0.15, 0.2) is 273 Å². The van der Waals surface area contributed by atoms with Crippen LogP contribution in [-0.4, -0.2) is 53.5 Å². The van der Waals surface area contributed by atoms with Gasteiger partial charge in [-0.05, 0) is 109 Å². The van der Waals surface area contributed by atoms with Crippen LogP contribution in [-0.2, 0) is 94.4 Å². The van der Waals surface area contributed by atoms with Gasteiger partial charge in [-0.2, -0.15) is 4.84 Å². The maximum Gasteiger partial charge on any atom is 0.474 e. The number of hydrogen-bond donors (Lipinski definition) is 5. The summed E-state index contributed by atoms with van der Waals surface area (Å²) >= 11 is 0. The van der Waals surface area contributed by atoms with Crippen LogP contribution in [0, 0.1) is 89.5 Å². The smallest absolute Gasteiger partial charge is 0.358 e. The van der Waals surface area contributed by atoms with Gasteiger partial charge >= 0.3 is 15.3 Å². The van der Waals surface area contributed by atoms with Crippen molar-refractivity contribution in [2.45, 2.75) is 14.9 Å². The van der Waals surface area contributed by atoms with Gasteiger partial charge in [-0.3, -0.25) is 0 Å². The Morgan fingerprint density at radius 1 is 0.273 bits per heavy atom. The van der Waals surface area contributed by atoms with Crippen molar-refractivity contribution in [3.63, 3.8) is 0 Å². The standard InChI is InChI=1S/3C18H15P.CH4NO3.2CH4.8CH3.4Ag.2H2NO3.NO3/c3*1-4-10-16(11-5-1)19(17-12-6-2-7-13-17)18-14-8-3-9-15-18;1-5-2(3)4;;;;;;;;;;;;;;;3*2-1(3)4/h3*1-15H;1H3,(H,3,4);2*1H4;8*1H3;;;;;2*(H2,2,3,4);/q;;;+1;;;8*-1;;;;;2*+1;-1/p+3. The predicted octanol–water partition coefficient (Wildman–Crippen LogP) is 13.0. The molecule has 4 radical (unpaired) electrons. The first-order chi connectivity index (χ1) is 35.8. The first-order valence-electron chi connectivity index (χ1n) is 22.1. The van der Waals surface area contributed by atoms with E-state index in [4.69, 9.17) is 56.1 Å². The third kappa shape index (κ3) is 46.2. The van der Waals surface area contributed by atoms with Crippen LogP contribution in [0.5, 0.6) is 0 Å². The molecule has 16 nitrogen and oxygen atoms in total.